The molecule has 28 heavy (non-hydrogen) atoms. The topological polar surface area (TPSA) is 87.5 Å². The Balaban J connectivity index is 2.06. The maximum Gasteiger partial charge on any atom is 0.279 e. The van der Waals surface area contributed by atoms with Crippen molar-refractivity contribution in [2.24, 2.45) is 0 Å². The van der Waals surface area contributed by atoms with Gasteiger partial charge in [0, 0.05) is 13.2 Å². The highest BCUT2D eigenvalue weighted by atomic mass is 19.1. The van der Waals surface area contributed by atoms with Crippen LogP contribution >= 0.6 is 0 Å². The number of hydrogen-bond donors (Lipinski definition) is 0. The van der Waals surface area contributed by atoms with Gasteiger partial charge in [-0.05, 0) is 39.8 Å². The highest BCUT2D eigenvalue weighted by Gasteiger charge is 2.29. The van der Waals surface area contributed by atoms with Crippen molar-refractivity contribution in [3.8, 4) is 11.6 Å². The molecular weight excluding hydrogens is 365 g/mol. The molecule has 0 aliphatic heterocycles. The first-order valence-electron chi connectivity index (χ1n) is 8.85. The molecule has 4 rings (SSSR count). The number of aromatic nitrogens is 5. The summed E-state index contributed by atoms with van der Waals surface area (Å²) < 4.78 is 28.3. The van der Waals surface area contributed by atoms with Gasteiger partial charge in [0.15, 0.2) is 5.69 Å². The summed E-state index contributed by atoms with van der Waals surface area (Å²) in [6.07, 6.45) is 1.46. The molecule has 8 nitrogen and oxygen atoms in total. The fourth-order valence-electron chi connectivity index (χ4n) is 3.19. The summed E-state index contributed by atoms with van der Waals surface area (Å²) in [5.41, 5.74) is 0.106. The monoisotopic (exact) mass is 385 g/mol. The summed E-state index contributed by atoms with van der Waals surface area (Å²) in [5, 5.41) is 3.96. The number of para-hydroxylation sites is 1. The Morgan fingerprint density at radius 3 is 2.68 bits per heavy atom. The Morgan fingerprint density at radius 1 is 1.25 bits per heavy atom. The Hall–Kier alpha value is -3.07. The van der Waals surface area contributed by atoms with Crippen LogP contribution in [0.4, 0.5) is 4.39 Å². The predicted molar refractivity (Wildman–Crippen MR) is 101 cm³/mol. The van der Waals surface area contributed by atoms with Gasteiger partial charge in [-0.1, -0.05) is 11.2 Å². The van der Waals surface area contributed by atoms with Gasteiger partial charge in [-0.15, -0.1) is 0 Å². The summed E-state index contributed by atoms with van der Waals surface area (Å²) in [5.74, 6) is -0.0321. The van der Waals surface area contributed by atoms with Crippen molar-refractivity contribution in [1.82, 2.24) is 24.1 Å². The molecule has 0 aliphatic rings. The second kappa shape index (κ2) is 6.23. The summed E-state index contributed by atoms with van der Waals surface area (Å²) in [7, 11) is 1.55. The van der Waals surface area contributed by atoms with Gasteiger partial charge in [0.05, 0.1) is 5.52 Å². The van der Waals surface area contributed by atoms with Crippen LogP contribution in [0.3, 0.4) is 0 Å². The van der Waals surface area contributed by atoms with Crippen LogP contribution in [0.25, 0.3) is 28.1 Å². The van der Waals surface area contributed by atoms with E-state index in [-0.39, 0.29) is 34.2 Å². The number of rotatable bonds is 4. The smallest absolute Gasteiger partial charge is 0.279 e. The molecule has 0 aliphatic carbocycles. The number of nitrogens with zero attached hydrogens (tertiary/aromatic N) is 5. The largest absolute Gasteiger partial charge is 0.371 e. The second-order valence-electron chi connectivity index (χ2n) is 7.33. The molecule has 4 aromatic rings. The second-order valence-corrected chi connectivity index (χ2v) is 7.33. The SMILES string of the molecule is COC(C)(C)c1noc(-c2ncn3c2c(=O)n(C(C)C)c2c(F)cccc23)n1. The molecule has 0 saturated heterocycles. The van der Waals surface area contributed by atoms with Crippen molar-refractivity contribution in [1.29, 1.82) is 0 Å². The third-order valence-electron chi connectivity index (χ3n) is 4.85. The third-order valence-corrected chi connectivity index (χ3v) is 4.85. The van der Waals surface area contributed by atoms with E-state index in [1.807, 2.05) is 13.8 Å². The van der Waals surface area contributed by atoms with Crippen molar-refractivity contribution in [2.45, 2.75) is 39.3 Å². The van der Waals surface area contributed by atoms with Crippen LogP contribution in [-0.2, 0) is 10.3 Å². The first kappa shape index (κ1) is 18.3. The van der Waals surface area contributed by atoms with Crippen molar-refractivity contribution < 1.29 is 13.7 Å². The lowest BCUT2D eigenvalue weighted by Gasteiger charge is -2.17. The molecule has 3 heterocycles. The van der Waals surface area contributed by atoms with Crippen LogP contribution in [0.15, 0.2) is 33.8 Å². The van der Waals surface area contributed by atoms with E-state index >= 15 is 0 Å². The highest BCUT2D eigenvalue weighted by Crippen LogP contribution is 2.28. The lowest BCUT2D eigenvalue weighted by molar-refractivity contribution is 0.00973. The first-order chi connectivity index (χ1) is 13.3. The average molecular weight is 385 g/mol. The van der Waals surface area contributed by atoms with Crippen LogP contribution in [-0.4, -0.2) is 31.2 Å². The zero-order valence-corrected chi connectivity index (χ0v) is 16.2. The van der Waals surface area contributed by atoms with Gasteiger partial charge < -0.3 is 9.26 Å². The minimum atomic E-state index is -0.759. The lowest BCUT2D eigenvalue weighted by Crippen LogP contribution is -2.25. The molecular formula is C19H20FN5O3. The Labute approximate surface area is 159 Å². The molecule has 1 aromatic carbocycles. The Bertz CT molecular complexity index is 1250. The maximum absolute atomic E-state index is 14.6. The normalized spacial score (nSPS) is 12.5. The van der Waals surface area contributed by atoms with Gasteiger partial charge in [-0.2, -0.15) is 4.98 Å². The van der Waals surface area contributed by atoms with Crippen LogP contribution in [0.1, 0.15) is 39.6 Å². The zero-order chi connectivity index (χ0) is 20.2. The van der Waals surface area contributed by atoms with Crippen LogP contribution in [0.2, 0.25) is 0 Å². The molecule has 0 unspecified atom stereocenters. The van der Waals surface area contributed by atoms with E-state index in [0.717, 1.165) is 0 Å². The predicted octanol–water partition coefficient (Wildman–Crippen LogP) is 3.30. The van der Waals surface area contributed by atoms with Gasteiger partial charge in [0.2, 0.25) is 5.82 Å². The summed E-state index contributed by atoms with van der Waals surface area (Å²) in [6.45, 7) is 7.25. The molecule has 146 valence electrons. The third kappa shape index (κ3) is 2.54. The van der Waals surface area contributed by atoms with E-state index in [0.29, 0.717) is 11.3 Å². The van der Waals surface area contributed by atoms with Crippen molar-refractivity contribution >= 4 is 16.6 Å². The lowest BCUT2D eigenvalue weighted by atomic mass is 10.1. The highest BCUT2D eigenvalue weighted by molar-refractivity contribution is 5.83. The summed E-state index contributed by atoms with van der Waals surface area (Å²) in [6, 6.07) is 4.41. The van der Waals surface area contributed by atoms with Crippen molar-refractivity contribution in [3.05, 3.63) is 46.5 Å². The van der Waals surface area contributed by atoms with E-state index in [9.17, 15) is 9.18 Å². The molecule has 0 atom stereocenters. The van der Waals surface area contributed by atoms with Gasteiger partial charge in [0.25, 0.3) is 11.4 Å². The fraction of sp³-hybridized carbons (Fsp3) is 0.368. The van der Waals surface area contributed by atoms with Crippen LogP contribution < -0.4 is 5.56 Å². The van der Waals surface area contributed by atoms with Crippen LogP contribution in [0.5, 0.6) is 0 Å². The average Bonchev–Trinajstić information content (AvgIpc) is 3.30. The number of ether oxygens (including phenoxy) is 1. The molecule has 0 N–H and O–H groups in total. The van der Waals surface area contributed by atoms with Crippen LogP contribution in [0, 0.1) is 5.82 Å². The van der Waals surface area contributed by atoms with Gasteiger partial charge in [-0.3, -0.25) is 13.8 Å². The molecule has 0 radical (unpaired) electrons. The van der Waals surface area contributed by atoms with Crippen molar-refractivity contribution in [3.63, 3.8) is 0 Å². The molecule has 0 spiro atoms. The maximum atomic E-state index is 14.6. The van der Waals surface area contributed by atoms with Gasteiger partial charge >= 0.3 is 0 Å². The standard InChI is InChI=1S/C19H20FN5O3/c1-10(2)25-14-11(20)7-6-8-12(14)24-9-21-13(15(24)17(25)26)16-22-18(23-28-16)19(3,4)27-5/h6-10H,1-5H3. The van der Waals surface area contributed by atoms with Gasteiger partial charge in [0.1, 0.15) is 28.8 Å². The molecule has 9 heteroatoms. The summed E-state index contributed by atoms with van der Waals surface area (Å²) in [4.78, 5) is 21.9. The number of imidazole rings is 1. The number of methoxy groups -OCH3 is 1. The van der Waals surface area contributed by atoms with Gasteiger partial charge in [-0.25, -0.2) is 9.37 Å². The quantitative estimate of drug-likeness (QED) is 0.536. The van der Waals surface area contributed by atoms with E-state index in [1.165, 1.54) is 17.0 Å². The fourth-order valence-corrected chi connectivity index (χ4v) is 3.19. The number of hydrogen-bond acceptors (Lipinski definition) is 6. The molecule has 0 saturated carbocycles. The Kier molecular flexibility index (Phi) is 4.07. The van der Waals surface area contributed by atoms with E-state index in [2.05, 4.69) is 15.1 Å². The van der Waals surface area contributed by atoms with E-state index in [4.69, 9.17) is 9.26 Å². The molecule has 0 fully saturated rings. The Morgan fingerprint density at radius 2 is 2.00 bits per heavy atom. The molecule has 3 aromatic heterocycles. The first-order valence-corrected chi connectivity index (χ1v) is 8.85. The number of halogens is 1. The minimum absolute atomic E-state index is 0.103. The number of fused-ring (bicyclic) bond motifs is 3. The number of benzene rings is 1. The van der Waals surface area contributed by atoms with E-state index in [1.54, 1.807) is 37.5 Å². The van der Waals surface area contributed by atoms with E-state index < -0.39 is 11.4 Å². The molecule has 0 bridgehead atoms. The minimum Gasteiger partial charge on any atom is -0.371 e. The summed E-state index contributed by atoms with van der Waals surface area (Å²) >= 11 is 0. The van der Waals surface area contributed by atoms with Crippen molar-refractivity contribution in [2.75, 3.05) is 7.11 Å². The zero-order valence-electron chi connectivity index (χ0n) is 16.2. The molecule has 0 amide bonds.